The van der Waals surface area contributed by atoms with E-state index in [0.29, 0.717) is 0 Å². The molecular weight excluding hydrogens is 320 g/mol. The molecule has 0 rings (SSSR count). The zero-order chi connectivity index (χ0) is 20.3. The second-order valence-corrected chi connectivity index (χ2v) is 5.61. The van der Waals surface area contributed by atoms with Crippen LogP contribution < -0.4 is 0 Å². The second kappa shape index (κ2) is 22.1. The molecule has 2 unspecified atom stereocenters. The van der Waals surface area contributed by atoms with Gasteiger partial charge in [0.2, 0.25) is 12.6 Å². The van der Waals surface area contributed by atoms with E-state index < -0.39 is 12.6 Å². The van der Waals surface area contributed by atoms with Crippen LogP contribution in [0.1, 0.15) is 55.4 Å². The molecule has 8 heteroatoms. The van der Waals surface area contributed by atoms with E-state index in [9.17, 15) is 0 Å². The number of ether oxygens (including phenoxy) is 2. The molecule has 0 aromatic rings. The highest BCUT2D eigenvalue weighted by Crippen LogP contribution is 2.04. The van der Waals surface area contributed by atoms with Gasteiger partial charge >= 0.3 is 0 Å². The van der Waals surface area contributed by atoms with Crippen LogP contribution >= 0.6 is 0 Å². The van der Waals surface area contributed by atoms with E-state index in [-0.39, 0.29) is 37.0 Å². The maximum absolute atomic E-state index is 9.14. The Balaban J connectivity index is -0.000000137. The third-order valence-electron chi connectivity index (χ3n) is 1.12. The number of aliphatic hydroxyl groups excluding tert-OH is 4. The van der Waals surface area contributed by atoms with Gasteiger partial charge in [0.15, 0.2) is 12.6 Å². The van der Waals surface area contributed by atoms with E-state index in [1.165, 1.54) is 0 Å². The number of aldehydes is 2. The minimum absolute atomic E-state index is 0.134. The predicted molar refractivity (Wildman–Crippen MR) is 91.3 cm³/mol. The van der Waals surface area contributed by atoms with E-state index in [2.05, 4.69) is 0 Å². The first-order valence-electron chi connectivity index (χ1n) is 7.73. The minimum atomic E-state index is -1.27. The summed E-state index contributed by atoms with van der Waals surface area (Å²) < 4.78 is 9.79. The van der Waals surface area contributed by atoms with Crippen molar-refractivity contribution in [2.45, 2.75) is 92.4 Å². The van der Waals surface area contributed by atoms with Crippen molar-refractivity contribution < 1.29 is 39.5 Å². The fourth-order valence-corrected chi connectivity index (χ4v) is 0.692. The van der Waals surface area contributed by atoms with E-state index in [1.807, 2.05) is 0 Å². The van der Waals surface area contributed by atoms with Gasteiger partial charge < -0.3 is 29.9 Å². The molecule has 0 fully saturated rings. The van der Waals surface area contributed by atoms with Crippen LogP contribution in [0.2, 0.25) is 0 Å². The molecule has 0 aliphatic rings. The maximum Gasteiger partial charge on any atom is 0.206 e. The fraction of sp³-hybridized carbons (Fsp3) is 0.875. The van der Waals surface area contributed by atoms with Gasteiger partial charge in [0.25, 0.3) is 0 Å². The molecule has 0 aliphatic heterocycles. The quantitative estimate of drug-likeness (QED) is 0.309. The Kier molecular flexibility index (Phi) is 28.5. The molecule has 4 N–H and O–H groups in total. The predicted octanol–water partition coefficient (Wildman–Crippen LogP) is 0.632. The highest BCUT2D eigenvalue weighted by molar-refractivity contribution is 6.09. The number of rotatable bonds is 6. The Labute approximate surface area is 145 Å². The van der Waals surface area contributed by atoms with Gasteiger partial charge in [-0.25, -0.2) is 0 Å². The van der Waals surface area contributed by atoms with Gasteiger partial charge in [-0.15, -0.1) is 0 Å². The average Bonchev–Trinajstić information content (AvgIpc) is 2.36. The van der Waals surface area contributed by atoms with Crippen LogP contribution in [0.5, 0.6) is 0 Å². The first kappa shape index (κ1) is 30.9. The Morgan fingerprint density at radius 3 is 0.833 bits per heavy atom. The molecule has 0 bridgehead atoms. The largest absolute Gasteiger partial charge is 0.394 e. The molecule has 8 nitrogen and oxygen atoms in total. The van der Waals surface area contributed by atoms with Crippen LogP contribution in [-0.2, 0) is 19.1 Å². The van der Waals surface area contributed by atoms with Crippen molar-refractivity contribution >= 4 is 12.6 Å². The number of hydrogen-bond acceptors (Lipinski definition) is 8. The Bertz CT molecular complexity index is 223. The summed E-state index contributed by atoms with van der Waals surface area (Å²) >= 11 is 0. The summed E-state index contributed by atoms with van der Waals surface area (Å²) in [5.74, 6) is 0. The Morgan fingerprint density at radius 2 is 0.750 bits per heavy atom. The number of hydrogen-bond donors (Lipinski definition) is 4. The lowest BCUT2D eigenvalue weighted by Gasteiger charge is -2.22. The van der Waals surface area contributed by atoms with Crippen molar-refractivity contribution in [2.75, 3.05) is 0 Å². The summed E-state index contributed by atoms with van der Waals surface area (Å²) in [7, 11) is 0. The molecule has 148 valence electrons. The number of carbonyl (C=O) groups excluding carboxylic acids is 2. The van der Waals surface area contributed by atoms with E-state index in [4.69, 9.17) is 39.5 Å². The highest BCUT2D eigenvalue weighted by atomic mass is 16.7. The molecule has 2 atom stereocenters. The lowest BCUT2D eigenvalue weighted by atomic mass is 10.4. The minimum Gasteiger partial charge on any atom is -0.394 e. The number of carbonyl (C=O) groups is 2. The van der Waals surface area contributed by atoms with Crippen molar-refractivity contribution in [3.05, 3.63) is 0 Å². The standard InChI is InChI=1S/C8H18O4.2C3H8O.C2H2O2/c1-5(2)11-7(9)8(10)12-6(3)4;2*1-3(2)4;3-1-2-4/h5-10H,1-4H3;2*3-4H,1-2H3;1-2H. The summed E-state index contributed by atoms with van der Waals surface area (Å²) in [5.41, 5.74) is 0. The van der Waals surface area contributed by atoms with Gasteiger partial charge in [-0.2, -0.15) is 0 Å². The van der Waals surface area contributed by atoms with Gasteiger partial charge in [0.1, 0.15) is 0 Å². The monoisotopic (exact) mass is 356 g/mol. The first-order chi connectivity index (χ1) is 10.8. The maximum atomic E-state index is 9.14. The molecule has 0 radical (unpaired) electrons. The van der Waals surface area contributed by atoms with Crippen LogP contribution in [0.4, 0.5) is 0 Å². The molecule has 0 saturated heterocycles. The molecule has 0 heterocycles. The van der Waals surface area contributed by atoms with E-state index in [1.54, 1.807) is 55.4 Å². The van der Waals surface area contributed by atoms with E-state index >= 15 is 0 Å². The van der Waals surface area contributed by atoms with Gasteiger partial charge in [-0.05, 0) is 55.4 Å². The van der Waals surface area contributed by atoms with Crippen LogP contribution in [0, 0.1) is 0 Å². The lowest BCUT2D eigenvalue weighted by Crippen LogP contribution is -2.34. The summed E-state index contributed by atoms with van der Waals surface area (Å²) in [6.45, 7) is 14.0. The Morgan fingerprint density at radius 1 is 0.583 bits per heavy atom. The Hall–Kier alpha value is -0.900. The molecule has 0 spiro atoms. The molecule has 0 aliphatic carbocycles. The second-order valence-electron chi connectivity index (χ2n) is 5.61. The van der Waals surface area contributed by atoms with Gasteiger partial charge in [-0.1, -0.05) is 0 Å². The van der Waals surface area contributed by atoms with Gasteiger partial charge in [0, 0.05) is 12.2 Å². The zero-order valence-electron chi connectivity index (χ0n) is 16.0. The fourth-order valence-electron chi connectivity index (χ4n) is 0.692. The topological polar surface area (TPSA) is 134 Å². The molecule has 24 heavy (non-hydrogen) atoms. The lowest BCUT2D eigenvalue weighted by molar-refractivity contribution is -0.270. The third kappa shape index (κ3) is 58.2. The number of aliphatic hydroxyl groups is 4. The van der Waals surface area contributed by atoms with Crippen molar-refractivity contribution in [1.29, 1.82) is 0 Å². The van der Waals surface area contributed by atoms with Crippen LogP contribution in [0.25, 0.3) is 0 Å². The average molecular weight is 356 g/mol. The molecule has 0 amide bonds. The van der Waals surface area contributed by atoms with Crippen molar-refractivity contribution in [3.8, 4) is 0 Å². The first-order valence-corrected chi connectivity index (χ1v) is 7.73. The molecule has 0 aromatic heterocycles. The van der Waals surface area contributed by atoms with Crippen LogP contribution in [0.15, 0.2) is 0 Å². The van der Waals surface area contributed by atoms with E-state index in [0.717, 1.165) is 0 Å². The van der Waals surface area contributed by atoms with Crippen molar-refractivity contribution in [3.63, 3.8) is 0 Å². The summed E-state index contributed by atoms with van der Waals surface area (Å²) in [6, 6.07) is 0. The third-order valence-corrected chi connectivity index (χ3v) is 1.12. The smallest absolute Gasteiger partial charge is 0.206 e. The van der Waals surface area contributed by atoms with Crippen LogP contribution in [-0.4, -0.2) is 70.0 Å². The highest BCUT2D eigenvalue weighted by Gasteiger charge is 2.19. The SMILES string of the molecule is CC(C)O.CC(C)O.CC(C)OC(O)C(O)OC(C)C.O=CC=O. The van der Waals surface area contributed by atoms with Crippen molar-refractivity contribution in [1.82, 2.24) is 0 Å². The zero-order valence-corrected chi connectivity index (χ0v) is 16.0. The molecule has 0 aromatic carbocycles. The van der Waals surface area contributed by atoms with Crippen molar-refractivity contribution in [2.24, 2.45) is 0 Å². The van der Waals surface area contributed by atoms with Gasteiger partial charge in [-0.3, -0.25) is 9.59 Å². The summed E-state index contributed by atoms with van der Waals surface area (Å²) in [6.07, 6.45) is -2.75. The molecule has 0 saturated carbocycles. The molecular formula is C16H36O8. The van der Waals surface area contributed by atoms with Crippen LogP contribution in [0.3, 0.4) is 0 Å². The summed E-state index contributed by atoms with van der Waals surface area (Å²) in [5, 5.41) is 34.4. The normalized spacial score (nSPS) is 12.3. The summed E-state index contributed by atoms with van der Waals surface area (Å²) in [4.78, 5) is 17.6. The van der Waals surface area contributed by atoms with Gasteiger partial charge in [0.05, 0.1) is 12.2 Å².